The average molecular weight is 434 g/mol. The number of hydrogen-bond acceptors (Lipinski definition) is 5. The summed E-state index contributed by atoms with van der Waals surface area (Å²) in [5, 5.41) is 3.49. The number of benzene rings is 1. The molecule has 3 aromatic rings. The average Bonchev–Trinajstić information content (AvgIpc) is 3.14. The summed E-state index contributed by atoms with van der Waals surface area (Å²) in [6.07, 6.45) is 6.52. The molecular formula is C24H23N3O3S. The van der Waals surface area contributed by atoms with Gasteiger partial charge in [0.1, 0.15) is 5.00 Å². The van der Waals surface area contributed by atoms with Gasteiger partial charge in [-0.25, -0.2) is 0 Å². The van der Waals surface area contributed by atoms with E-state index < -0.39 is 0 Å². The normalized spacial score (nSPS) is 14.0. The maximum atomic E-state index is 13.3. The van der Waals surface area contributed by atoms with E-state index in [0.717, 1.165) is 21.6 Å². The second-order valence-corrected chi connectivity index (χ2v) is 8.16. The Morgan fingerprint density at radius 1 is 1.13 bits per heavy atom. The molecule has 1 aliphatic heterocycles. The minimum absolute atomic E-state index is 0.0780. The number of nitrogens with one attached hydrogen (secondary N) is 1. The quantitative estimate of drug-likeness (QED) is 0.611. The highest BCUT2D eigenvalue weighted by molar-refractivity contribution is 7.20. The predicted molar refractivity (Wildman–Crippen MR) is 123 cm³/mol. The first-order valence-corrected chi connectivity index (χ1v) is 10.9. The van der Waals surface area contributed by atoms with Crippen LogP contribution in [0.25, 0.3) is 16.5 Å². The van der Waals surface area contributed by atoms with Crippen molar-refractivity contribution in [3.63, 3.8) is 0 Å². The molecule has 1 saturated heterocycles. The lowest BCUT2D eigenvalue weighted by Gasteiger charge is -2.27. The third-order valence-corrected chi connectivity index (χ3v) is 6.30. The van der Waals surface area contributed by atoms with E-state index in [4.69, 9.17) is 4.74 Å². The molecule has 0 saturated carbocycles. The number of aromatic nitrogens is 1. The molecule has 2 aromatic heterocycles. The number of hydrogen-bond donors (Lipinski definition) is 1. The Bertz CT molecular complexity index is 1090. The van der Waals surface area contributed by atoms with Gasteiger partial charge in [0.15, 0.2) is 0 Å². The van der Waals surface area contributed by atoms with Gasteiger partial charge in [-0.1, -0.05) is 36.4 Å². The van der Waals surface area contributed by atoms with Crippen LogP contribution >= 0.6 is 11.3 Å². The van der Waals surface area contributed by atoms with Crippen molar-refractivity contribution in [1.29, 1.82) is 0 Å². The van der Waals surface area contributed by atoms with Gasteiger partial charge in [-0.2, -0.15) is 0 Å². The van der Waals surface area contributed by atoms with Crippen molar-refractivity contribution in [2.45, 2.75) is 6.92 Å². The molecular weight excluding hydrogens is 410 g/mol. The number of pyridine rings is 1. The fourth-order valence-corrected chi connectivity index (χ4v) is 4.66. The monoisotopic (exact) mass is 433 g/mol. The van der Waals surface area contributed by atoms with E-state index in [2.05, 4.69) is 10.3 Å². The maximum Gasteiger partial charge on any atom is 0.257 e. The highest BCUT2D eigenvalue weighted by Gasteiger charge is 2.27. The Hall–Kier alpha value is -3.29. The van der Waals surface area contributed by atoms with Crippen molar-refractivity contribution >= 4 is 34.2 Å². The van der Waals surface area contributed by atoms with Gasteiger partial charge in [-0.3, -0.25) is 14.6 Å². The molecule has 3 heterocycles. The third kappa shape index (κ3) is 4.90. The molecule has 31 heavy (non-hydrogen) atoms. The van der Waals surface area contributed by atoms with Gasteiger partial charge >= 0.3 is 0 Å². The van der Waals surface area contributed by atoms with E-state index >= 15 is 0 Å². The van der Waals surface area contributed by atoms with Crippen molar-refractivity contribution in [2.24, 2.45) is 0 Å². The highest BCUT2D eigenvalue weighted by atomic mass is 32.1. The van der Waals surface area contributed by atoms with E-state index in [-0.39, 0.29) is 11.8 Å². The second-order valence-electron chi connectivity index (χ2n) is 7.14. The van der Waals surface area contributed by atoms with Crippen LogP contribution < -0.4 is 5.32 Å². The first kappa shape index (κ1) is 21.0. The lowest BCUT2D eigenvalue weighted by atomic mass is 10.1. The summed E-state index contributed by atoms with van der Waals surface area (Å²) in [5.74, 6) is -0.369. The lowest BCUT2D eigenvalue weighted by Crippen LogP contribution is -2.41. The molecule has 1 N–H and O–H groups in total. The number of carbonyl (C=O) groups excluding carboxylic acids is 2. The largest absolute Gasteiger partial charge is 0.378 e. The summed E-state index contributed by atoms with van der Waals surface area (Å²) >= 11 is 1.42. The Labute approximate surface area is 185 Å². The van der Waals surface area contributed by atoms with Crippen molar-refractivity contribution in [3.05, 3.63) is 77.6 Å². The van der Waals surface area contributed by atoms with Crippen LogP contribution in [-0.4, -0.2) is 48.0 Å². The first-order valence-electron chi connectivity index (χ1n) is 10.1. The fraction of sp³-hybridized carbons (Fsp3) is 0.208. The Morgan fingerprint density at radius 3 is 2.61 bits per heavy atom. The van der Waals surface area contributed by atoms with Crippen LogP contribution in [0.2, 0.25) is 0 Å². The molecule has 0 aliphatic carbocycles. The lowest BCUT2D eigenvalue weighted by molar-refractivity contribution is -0.111. The minimum atomic E-state index is -0.291. The summed E-state index contributed by atoms with van der Waals surface area (Å²) in [7, 11) is 0. The van der Waals surface area contributed by atoms with E-state index in [1.165, 1.54) is 17.4 Å². The molecule has 1 aliphatic rings. The molecule has 7 heteroatoms. The number of nitrogens with zero attached hydrogens (tertiary/aromatic N) is 2. The molecule has 1 fully saturated rings. The van der Waals surface area contributed by atoms with Crippen molar-refractivity contribution in [3.8, 4) is 10.4 Å². The van der Waals surface area contributed by atoms with Gasteiger partial charge in [0.25, 0.3) is 5.91 Å². The number of morpholine rings is 1. The molecule has 6 nitrogen and oxygen atoms in total. The number of anilines is 1. The molecule has 4 rings (SSSR count). The SMILES string of the molecule is Cc1c(-c2ccccc2)sc(NC(=O)C=Cc2cccnc2)c1C(=O)N1CCOCC1. The number of ether oxygens (including phenoxy) is 1. The highest BCUT2D eigenvalue weighted by Crippen LogP contribution is 2.40. The van der Waals surface area contributed by atoms with Crippen LogP contribution in [0.5, 0.6) is 0 Å². The van der Waals surface area contributed by atoms with E-state index in [1.54, 1.807) is 23.4 Å². The zero-order valence-corrected chi connectivity index (χ0v) is 18.0. The van der Waals surface area contributed by atoms with E-state index in [9.17, 15) is 9.59 Å². The summed E-state index contributed by atoms with van der Waals surface area (Å²) in [5.41, 5.74) is 3.27. The van der Waals surface area contributed by atoms with Crippen LogP contribution in [0.3, 0.4) is 0 Å². The van der Waals surface area contributed by atoms with Gasteiger partial charge in [-0.05, 0) is 35.8 Å². The fourth-order valence-electron chi connectivity index (χ4n) is 3.45. The molecule has 0 unspecified atom stereocenters. The Balaban J connectivity index is 1.65. The predicted octanol–water partition coefficient (Wildman–Crippen LogP) is 4.24. The van der Waals surface area contributed by atoms with Crippen LogP contribution in [0.4, 0.5) is 5.00 Å². The molecule has 158 valence electrons. The zero-order valence-electron chi connectivity index (χ0n) is 17.2. The maximum absolute atomic E-state index is 13.3. The summed E-state index contributed by atoms with van der Waals surface area (Å²) < 4.78 is 5.38. The molecule has 0 bridgehead atoms. The number of amides is 2. The summed E-state index contributed by atoms with van der Waals surface area (Å²) in [6.45, 7) is 4.08. The number of thiophene rings is 1. The molecule has 1 aromatic carbocycles. The summed E-state index contributed by atoms with van der Waals surface area (Å²) in [6, 6.07) is 13.6. The Morgan fingerprint density at radius 2 is 1.90 bits per heavy atom. The number of rotatable bonds is 5. The molecule has 0 atom stereocenters. The van der Waals surface area contributed by atoms with Crippen molar-refractivity contribution < 1.29 is 14.3 Å². The third-order valence-electron chi connectivity index (χ3n) is 5.04. The van der Waals surface area contributed by atoms with E-state index in [0.29, 0.717) is 36.9 Å². The Kier molecular flexibility index (Phi) is 6.54. The van der Waals surface area contributed by atoms with Gasteiger partial charge in [0.05, 0.1) is 18.8 Å². The zero-order chi connectivity index (χ0) is 21.6. The van der Waals surface area contributed by atoms with Gasteiger partial charge in [-0.15, -0.1) is 11.3 Å². The first-order chi connectivity index (χ1) is 15.1. The van der Waals surface area contributed by atoms with Gasteiger partial charge < -0.3 is 15.0 Å². The van der Waals surface area contributed by atoms with Crippen LogP contribution in [-0.2, 0) is 9.53 Å². The second kappa shape index (κ2) is 9.68. The van der Waals surface area contributed by atoms with Crippen molar-refractivity contribution in [1.82, 2.24) is 9.88 Å². The molecule has 0 radical (unpaired) electrons. The van der Waals surface area contributed by atoms with Crippen LogP contribution in [0, 0.1) is 6.92 Å². The van der Waals surface area contributed by atoms with Gasteiger partial charge in [0.2, 0.25) is 5.91 Å². The minimum Gasteiger partial charge on any atom is -0.378 e. The smallest absolute Gasteiger partial charge is 0.257 e. The van der Waals surface area contributed by atoms with E-state index in [1.807, 2.05) is 49.4 Å². The van der Waals surface area contributed by atoms with Crippen molar-refractivity contribution in [2.75, 3.05) is 31.6 Å². The van der Waals surface area contributed by atoms with Gasteiger partial charge in [0, 0.05) is 36.4 Å². The summed E-state index contributed by atoms with van der Waals surface area (Å²) in [4.78, 5) is 32.8. The van der Waals surface area contributed by atoms with Crippen LogP contribution in [0.1, 0.15) is 21.5 Å². The molecule has 0 spiro atoms. The topological polar surface area (TPSA) is 71.5 Å². The number of carbonyl (C=O) groups is 2. The van der Waals surface area contributed by atoms with Crippen LogP contribution in [0.15, 0.2) is 60.9 Å². The standard InChI is InChI=1S/C24H23N3O3S/c1-17-21(24(29)27-12-14-30-15-13-27)23(31-22(17)19-7-3-2-4-8-19)26-20(28)10-9-18-6-5-11-25-16-18/h2-11,16H,12-15H2,1H3,(H,26,28). The molecule has 2 amide bonds.